The Hall–Kier alpha value is -1.73. The summed E-state index contributed by atoms with van der Waals surface area (Å²) in [5.41, 5.74) is 6.51. The molecule has 0 saturated heterocycles. The molecule has 0 bridgehead atoms. The molecule has 2 N–H and O–H groups in total. The van der Waals surface area contributed by atoms with E-state index in [0.717, 1.165) is 25.4 Å². The van der Waals surface area contributed by atoms with E-state index in [1.807, 2.05) is 24.3 Å². The van der Waals surface area contributed by atoms with Gasteiger partial charge in [0, 0.05) is 11.6 Å². The number of halogens is 1. The SMILES string of the molecule is Nc1ncc(Br)c(Sc2ncnc3ccccc23)n1. The van der Waals surface area contributed by atoms with Crippen LogP contribution in [-0.4, -0.2) is 19.9 Å². The van der Waals surface area contributed by atoms with E-state index in [-0.39, 0.29) is 5.95 Å². The normalized spacial score (nSPS) is 10.8. The number of aromatic nitrogens is 4. The zero-order valence-electron chi connectivity index (χ0n) is 9.62. The quantitative estimate of drug-likeness (QED) is 0.726. The van der Waals surface area contributed by atoms with Crippen molar-refractivity contribution in [2.24, 2.45) is 0 Å². The molecule has 19 heavy (non-hydrogen) atoms. The maximum Gasteiger partial charge on any atom is 0.221 e. The number of rotatable bonds is 2. The summed E-state index contributed by atoms with van der Waals surface area (Å²) in [4.78, 5) is 16.6. The number of nitrogens with two attached hydrogens (primary N) is 1. The third kappa shape index (κ3) is 2.52. The van der Waals surface area contributed by atoms with Gasteiger partial charge < -0.3 is 5.73 Å². The number of nitrogen functional groups attached to an aromatic ring is 1. The average Bonchev–Trinajstić information content (AvgIpc) is 2.43. The van der Waals surface area contributed by atoms with Gasteiger partial charge in [-0.25, -0.2) is 19.9 Å². The molecule has 0 unspecified atom stereocenters. The summed E-state index contributed by atoms with van der Waals surface area (Å²) >= 11 is 4.84. The van der Waals surface area contributed by atoms with Crippen LogP contribution in [0.1, 0.15) is 0 Å². The van der Waals surface area contributed by atoms with Crippen LogP contribution in [0.3, 0.4) is 0 Å². The van der Waals surface area contributed by atoms with Crippen molar-refractivity contribution >= 4 is 44.5 Å². The zero-order valence-corrected chi connectivity index (χ0v) is 12.0. The van der Waals surface area contributed by atoms with Crippen LogP contribution in [-0.2, 0) is 0 Å². The molecule has 3 aromatic rings. The van der Waals surface area contributed by atoms with Crippen LogP contribution in [0.4, 0.5) is 5.95 Å². The Balaban J connectivity index is 2.08. The van der Waals surface area contributed by atoms with Crippen LogP contribution in [0.5, 0.6) is 0 Å². The fraction of sp³-hybridized carbons (Fsp3) is 0. The minimum Gasteiger partial charge on any atom is -0.368 e. The second-order valence-corrected chi connectivity index (χ2v) is 5.51. The second kappa shape index (κ2) is 5.10. The molecule has 7 heteroatoms. The molecule has 0 fully saturated rings. The molecule has 94 valence electrons. The largest absolute Gasteiger partial charge is 0.368 e. The summed E-state index contributed by atoms with van der Waals surface area (Å²) in [6.07, 6.45) is 3.18. The Bertz CT molecular complexity index is 744. The lowest BCUT2D eigenvalue weighted by Gasteiger charge is -2.05. The number of fused-ring (bicyclic) bond motifs is 1. The highest BCUT2D eigenvalue weighted by atomic mass is 79.9. The van der Waals surface area contributed by atoms with E-state index in [1.165, 1.54) is 11.8 Å². The Morgan fingerprint density at radius 1 is 1.05 bits per heavy atom. The highest BCUT2D eigenvalue weighted by molar-refractivity contribution is 9.10. The second-order valence-electron chi connectivity index (χ2n) is 3.68. The number of anilines is 1. The monoisotopic (exact) mass is 333 g/mol. The van der Waals surface area contributed by atoms with Gasteiger partial charge in [-0.15, -0.1) is 0 Å². The highest BCUT2D eigenvalue weighted by Gasteiger charge is 2.10. The van der Waals surface area contributed by atoms with Gasteiger partial charge >= 0.3 is 0 Å². The minimum atomic E-state index is 0.240. The van der Waals surface area contributed by atoms with Crippen molar-refractivity contribution in [3.05, 3.63) is 41.3 Å². The van der Waals surface area contributed by atoms with Gasteiger partial charge in [-0.05, 0) is 33.8 Å². The van der Waals surface area contributed by atoms with Crippen molar-refractivity contribution in [2.75, 3.05) is 5.73 Å². The van der Waals surface area contributed by atoms with Crippen molar-refractivity contribution in [1.82, 2.24) is 19.9 Å². The van der Waals surface area contributed by atoms with E-state index in [2.05, 4.69) is 35.9 Å². The predicted molar refractivity (Wildman–Crippen MR) is 77.8 cm³/mol. The first-order valence-electron chi connectivity index (χ1n) is 5.39. The first kappa shape index (κ1) is 12.3. The van der Waals surface area contributed by atoms with Crippen molar-refractivity contribution in [3.63, 3.8) is 0 Å². The molecule has 1 aromatic carbocycles. The van der Waals surface area contributed by atoms with Gasteiger partial charge in [0.2, 0.25) is 5.95 Å². The number of para-hydroxylation sites is 1. The molecule has 2 aromatic heterocycles. The summed E-state index contributed by atoms with van der Waals surface area (Å²) in [5, 5.41) is 2.56. The van der Waals surface area contributed by atoms with Gasteiger partial charge in [-0.1, -0.05) is 18.2 Å². The van der Waals surface area contributed by atoms with E-state index in [9.17, 15) is 0 Å². The van der Waals surface area contributed by atoms with E-state index in [0.29, 0.717) is 0 Å². The molecule has 0 aliphatic heterocycles. The molecule has 2 heterocycles. The summed E-state index contributed by atoms with van der Waals surface area (Å²) in [6, 6.07) is 7.84. The van der Waals surface area contributed by atoms with Gasteiger partial charge in [0.1, 0.15) is 16.4 Å². The van der Waals surface area contributed by atoms with Gasteiger partial charge in [0.25, 0.3) is 0 Å². The highest BCUT2D eigenvalue weighted by Crippen LogP contribution is 2.33. The average molecular weight is 334 g/mol. The number of hydrogen-bond donors (Lipinski definition) is 1. The van der Waals surface area contributed by atoms with Crippen LogP contribution in [0.25, 0.3) is 10.9 Å². The number of hydrogen-bond acceptors (Lipinski definition) is 6. The van der Waals surface area contributed by atoms with Crippen LogP contribution in [0.2, 0.25) is 0 Å². The topological polar surface area (TPSA) is 77.6 Å². The molecule has 5 nitrogen and oxygen atoms in total. The summed E-state index contributed by atoms with van der Waals surface area (Å²) in [6.45, 7) is 0. The third-order valence-corrected chi connectivity index (χ3v) is 4.30. The molecule has 0 amide bonds. The summed E-state index contributed by atoms with van der Waals surface area (Å²) in [5.74, 6) is 0.240. The molecular formula is C12H8BrN5S. The molecule has 0 saturated carbocycles. The predicted octanol–water partition coefficient (Wildman–Crippen LogP) is 2.92. The molecular weight excluding hydrogens is 326 g/mol. The smallest absolute Gasteiger partial charge is 0.221 e. The van der Waals surface area contributed by atoms with Gasteiger partial charge in [0.15, 0.2) is 0 Å². The lowest BCUT2D eigenvalue weighted by molar-refractivity contribution is 1.03. The molecule has 0 radical (unpaired) electrons. The van der Waals surface area contributed by atoms with E-state index >= 15 is 0 Å². The van der Waals surface area contributed by atoms with Crippen molar-refractivity contribution in [3.8, 4) is 0 Å². The molecule has 0 atom stereocenters. The maximum atomic E-state index is 5.60. The van der Waals surface area contributed by atoms with Crippen molar-refractivity contribution in [1.29, 1.82) is 0 Å². The lowest BCUT2D eigenvalue weighted by atomic mass is 10.2. The molecule has 0 spiro atoms. The van der Waals surface area contributed by atoms with Crippen LogP contribution < -0.4 is 5.73 Å². The van der Waals surface area contributed by atoms with E-state index < -0.39 is 0 Å². The summed E-state index contributed by atoms with van der Waals surface area (Å²) < 4.78 is 0.786. The van der Waals surface area contributed by atoms with Gasteiger partial charge in [-0.3, -0.25) is 0 Å². The number of benzene rings is 1. The minimum absolute atomic E-state index is 0.240. The number of nitrogens with zero attached hydrogens (tertiary/aromatic N) is 4. The van der Waals surface area contributed by atoms with Crippen LogP contribution in [0, 0.1) is 0 Å². The first-order chi connectivity index (χ1) is 9.24. The molecule has 0 aliphatic carbocycles. The first-order valence-corrected chi connectivity index (χ1v) is 7.00. The Labute approximate surface area is 121 Å². The van der Waals surface area contributed by atoms with Gasteiger partial charge in [-0.2, -0.15) is 0 Å². The van der Waals surface area contributed by atoms with Crippen LogP contribution >= 0.6 is 27.7 Å². The fourth-order valence-electron chi connectivity index (χ4n) is 1.59. The Kier molecular flexibility index (Phi) is 3.31. The summed E-state index contributed by atoms with van der Waals surface area (Å²) in [7, 11) is 0. The van der Waals surface area contributed by atoms with Crippen LogP contribution in [0.15, 0.2) is 51.3 Å². The van der Waals surface area contributed by atoms with Gasteiger partial charge in [0.05, 0.1) is 9.99 Å². The molecule has 0 aliphatic rings. The lowest BCUT2D eigenvalue weighted by Crippen LogP contribution is -1.96. The fourth-order valence-corrected chi connectivity index (χ4v) is 2.88. The Morgan fingerprint density at radius 3 is 2.79 bits per heavy atom. The third-order valence-electron chi connectivity index (χ3n) is 2.43. The standard InChI is InChI=1S/C12H8BrN5S/c13-8-5-15-12(14)18-11(8)19-10-7-3-1-2-4-9(7)16-6-17-10/h1-6H,(H2,14,15,18). The zero-order chi connectivity index (χ0) is 13.2. The van der Waals surface area contributed by atoms with E-state index in [4.69, 9.17) is 5.73 Å². The van der Waals surface area contributed by atoms with Crippen molar-refractivity contribution < 1.29 is 0 Å². The molecule has 3 rings (SSSR count). The van der Waals surface area contributed by atoms with E-state index in [1.54, 1.807) is 12.5 Å². The maximum absolute atomic E-state index is 5.60. The van der Waals surface area contributed by atoms with Crippen molar-refractivity contribution in [2.45, 2.75) is 10.1 Å². The Morgan fingerprint density at radius 2 is 1.89 bits per heavy atom.